The molecule has 142 valence electrons. The summed E-state index contributed by atoms with van der Waals surface area (Å²) in [6, 6.07) is 1.74. The van der Waals surface area contributed by atoms with Crippen LogP contribution in [0.3, 0.4) is 0 Å². The molecule has 2 aliphatic heterocycles. The predicted octanol–water partition coefficient (Wildman–Crippen LogP) is 2.42. The average Bonchev–Trinajstić information content (AvgIpc) is 3.27. The molecule has 1 atom stereocenters. The van der Waals surface area contributed by atoms with Crippen molar-refractivity contribution in [3.8, 4) is 11.6 Å². The second kappa shape index (κ2) is 6.58. The first-order chi connectivity index (χ1) is 13.2. The first-order valence-electron chi connectivity index (χ1n) is 9.90. The lowest BCUT2D eigenvalue weighted by atomic mass is 9.84. The van der Waals surface area contributed by atoms with Gasteiger partial charge in [-0.2, -0.15) is 10.1 Å². The number of carbonyl (C=O) groups excluding carboxylic acids is 2. The van der Waals surface area contributed by atoms with Gasteiger partial charge in [0.15, 0.2) is 17.3 Å². The molecule has 5 rings (SSSR count). The van der Waals surface area contributed by atoms with Crippen LogP contribution >= 0.6 is 0 Å². The second-order valence-electron chi connectivity index (χ2n) is 7.95. The van der Waals surface area contributed by atoms with E-state index in [0.717, 1.165) is 25.9 Å². The zero-order valence-corrected chi connectivity index (χ0v) is 15.3. The summed E-state index contributed by atoms with van der Waals surface area (Å²) < 4.78 is 7.17. The number of fused-ring (bicyclic) bond motifs is 1. The highest BCUT2D eigenvalue weighted by Crippen LogP contribution is 2.32. The van der Waals surface area contributed by atoms with Crippen molar-refractivity contribution < 1.29 is 14.1 Å². The smallest absolute Gasteiger partial charge is 0.278 e. The van der Waals surface area contributed by atoms with Crippen molar-refractivity contribution in [2.24, 2.45) is 5.92 Å². The van der Waals surface area contributed by atoms with Crippen LogP contribution in [0.1, 0.15) is 67.2 Å². The Morgan fingerprint density at radius 1 is 1.15 bits per heavy atom. The molecule has 3 aliphatic rings. The van der Waals surface area contributed by atoms with Crippen LogP contribution in [0, 0.1) is 5.92 Å². The van der Waals surface area contributed by atoms with Crippen LogP contribution in [0.5, 0.6) is 0 Å². The van der Waals surface area contributed by atoms with E-state index < -0.39 is 0 Å². The van der Waals surface area contributed by atoms with Crippen LogP contribution < -0.4 is 0 Å². The topological polar surface area (TPSA) is 94.1 Å². The molecule has 1 aliphatic carbocycles. The summed E-state index contributed by atoms with van der Waals surface area (Å²) in [6.45, 7) is 2.26. The highest BCUT2D eigenvalue weighted by atomic mass is 16.5. The van der Waals surface area contributed by atoms with Gasteiger partial charge in [0, 0.05) is 44.5 Å². The van der Waals surface area contributed by atoms with Gasteiger partial charge in [0.2, 0.25) is 5.91 Å². The van der Waals surface area contributed by atoms with Crippen molar-refractivity contribution >= 4 is 11.7 Å². The molecule has 1 saturated carbocycles. The van der Waals surface area contributed by atoms with Gasteiger partial charge in [-0.05, 0) is 31.6 Å². The second-order valence-corrected chi connectivity index (χ2v) is 7.95. The number of aromatic nitrogens is 4. The van der Waals surface area contributed by atoms with E-state index in [2.05, 4.69) is 15.2 Å². The van der Waals surface area contributed by atoms with Crippen molar-refractivity contribution in [3.63, 3.8) is 0 Å². The highest BCUT2D eigenvalue weighted by molar-refractivity contribution is 5.95. The molecule has 0 spiro atoms. The standard InChI is InChI=1S/C19H23N5O3/c25-16-5-2-8-24-15(16)9-14(21-24)19-20-18(22-27-19)13-6-7-17(26)23(11-13)10-12-3-1-4-12/h9,12-13H,1-8,10-11H2. The number of amides is 1. The van der Waals surface area contributed by atoms with Crippen molar-refractivity contribution in [3.05, 3.63) is 17.6 Å². The number of rotatable bonds is 4. The van der Waals surface area contributed by atoms with Gasteiger partial charge >= 0.3 is 0 Å². The van der Waals surface area contributed by atoms with E-state index >= 15 is 0 Å². The number of hydrogen-bond donors (Lipinski definition) is 0. The Morgan fingerprint density at radius 2 is 2.04 bits per heavy atom. The van der Waals surface area contributed by atoms with Crippen molar-refractivity contribution in [1.29, 1.82) is 0 Å². The molecule has 1 saturated heterocycles. The number of nitrogens with zero attached hydrogens (tertiary/aromatic N) is 5. The Morgan fingerprint density at radius 3 is 2.81 bits per heavy atom. The average molecular weight is 369 g/mol. The number of carbonyl (C=O) groups is 2. The number of aryl methyl sites for hydroxylation is 1. The van der Waals surface area contributed by atoms with Gasteiger partial charge in [-0.1, -0.05) is 11.6 Å². The van der Waals surface area contributed by atoms with Crippen LogP contribution in [0.4, 0.5) is 0 Å². The third-order valence-corrected chi connectivity index (χ3v) is 6.07. The van der Waals surface area contributed by atoms with Crippen LogP contribution in [0.25, 0.3) is 11.6 Å². The molecular weight excluding hydrogens is 346 g/mol. The third kappa shape index (κ3) is 3.07. The molecule has 27 heavy (non-hydrogen) atoms. The van der Waals surface area contributed by atoms with Gasteiger partial charge in [-0.25, -0.2) is 0 Å². The molecule has 2 aromatic heterocycles. The molecule has 1 amide bonds. The van der Waals surface area contributed by atoms with E-state index in [-0.39, 0.29) is 17.6 Å². The zero-order chi connectivity index (χ0) is 18.4. The molecule has 0 aromatic carbocycles. The lowest BCUT2D eigenvalue weighted by molar-refractivity contribution is -0.135. The lowest BCUT2D eigenvalue weighted by Crippen LogP contribution is -2.43. The summed E-state index contributed by atoms with van der Waals surface area (Å²) in [5, 5.41) is 8.61. The Bertz CT molecular complexity index is 882. The van der Waals surface area contributed by atoms with Gasteiger partial charge in [0.25, 0.3) is 5.89 Å². The van der Waals surface area contributed by atoms with Crippen molar-refractivity contribution in [2.45, 2.75) is 57.4 Å². The number of hydrogen-bond acceptors (Lipinski definition) is 6. The zero-order valence-electron chi connectivity index (χ0n) is 15.3. The quantitative estimate of drug-likeness (QED) is 0.821. The summed E-state index contributed by atoms with van der Waals surface area (Å²) in [5.41, 5.74) is 1.17. The Balaban J connectivity index is 1.33. The molecule has 0 bridgehead atoms. The minimum atomic E-state index is 0.0964. The predicted molar refractivity (Wildman–Crippen MR) is 95.0 cm³/mol. The maximum Gasteiger partial charge on any atom is 0.278 e. The van der Waals surface area contributed by atoms with Gasteiger partial charge < -0.3 is 9.42 Å². The van der Waals surface area contributed by atoms with E-state index in [1.54, 1.807) is 10.7 Å². The minimum Gasteiger partial charge on any atom is -0.342 e. The number of Topliss-reactive ketones (excluding diaryl/α,β-unsaturated/α-hetero) is 1. The van der Waals surface area contributed by atoms with Crippen LogP contribution in [-0.2, 0) is 11.3 Å². The van der Waals surface area contributed by atoms with Crippen LogP contribution in [-0.4, -0.2) is 49.6 Å². The Kier molecular flexibility index (Phi) is 4.06. The van der Waals surface area contributed by atoms with Crippen LogP contribution in [0.2, 0.25) is 0 Å². The molecule has 0 N–H and O–H groups in total. The molecule has 8 heteroatoms. The molecule has 1 unspecified atom stereocenters. The maximum absolute atomic E-state index is 12.2. The van der Waals surface area contributed by atoms with E-state index in [0.29, 0.717) is 48.4 Å². The van der Waals surface area contributed by atoms with E-state index in [1.165, 1.54) is 19.3 Å². The molecule has 4 heterocycles. The monoisotopic (exact) mass is 369 g/mol. The van der Waals surface area contributed by atoms with Crippen LogP contribution in [0.15, 0.2) is 10.6 Å². The van der Waals surface area contributed by atoms with Crippen molar-refractivity contribution in [2.75, 3.05) is 13.1 Å². The fourth-order valence-corrected chi connectivity index (χ4v) is 4.23. The third-order valence-electron chi connectivity index (χ3n) is 6.07. The van der Waals surface area contributed by atoms with E-state index in [9.17, 15) is 9.59 Å². The number of ketones is 1. The van der Waals surface area contributed by atoms with E-state index in [1.807, 2.05) is 4.90 Å². The normalized spacial score (nSPS) is 23.4. The first-order valence-corrected chi connectivity index (χ1v) is 9.90. The molecule has 2 aromatic rings. The van der Waals surface area contributed by atoms with Gasteiger partial charge in [0.1, 0.15) is 5.69 Å². The maximum atomic E-state index is 12.2. The molecular formula is C19H23N5O3. The Hall–Kier alpha value is -2.51. The lowest BCUT2D eigenvalue weighted by Gasteiger charge is -2.36. The fourth-order valence-electron chi connectivity index (χ4n) is 4.23. The summed E-state index contributed by atoms with van der Waals surface area (Å²) in [6.07, 6.45) is 6.39. The summed E-state index contributed by atoms with van der Waals surface area (Å²) in [4.78, 5) is 30.8. The minimum absolute atomic E-state index is 0.0964. The SMILES string of the molecule is O=C1CCCn2nc(-c3nc(C4CCC(=O)N(CC5CCC5)C4)no3)cc21. The fraction of sp³-hybridized carbons (Fsp3) is 0.632. The largest absolute Gasteiger partial charge is 0.342 e. The Labute approximate surface area is 156 Å². The van der Waals surface area contributed by atoms with Gasteiger partial charge in [0.05, 0.1) is 0 Å². The number of likely N-dealkylation sites (tertiary alicyclic amines) is 1. The molecule has 8 nitrogen and oxygen atoms in total. The molecule has 2 fully saturated rings. The molecule has 0 radical (unpaired) electrons. The summed E-state index contributed by atoms with van der Waals surface area (Å²) in [5.74, 6) is 2.08. The summed E-state index contributed by atoms with van der Waals surface area (Å²) in [7, 11) is 0. The number of piperidine rings is 1. The van der Waals surface area contributed by atoms with Gasteiger partial charge in [-0.15, -0.1) is 0 Å². The first kappa shape index (κ1) is 16.6. The van der Waals surface area contributed by atoms with Crippen molar-refractivity contribution in [1.82, 2.24) is 24.8 Å². The highest BCUT2D eigenvalue weighted by Gasteiger charge is 2.32. The van der Waals surface area contributed by atoms with Gasteiger partial charge in [-0.3, -0.25) is 14.3 Å². The summed E-state index contributed by atoms with van der Waals surface area (Å²) >= 11 is 0. The van der Waals surface area contributed by atoms with E-state index in [4.69, 9.17) is 4.52 Å².